The van der Waals surface area contributed by atoms with Gasteiger partial charge in [-0.2, -0.15) is 10.2 Å². The van der Waals surface area contributed by atoms with E-state index in [4.69, 9.17) is 0 Å². The molecule has 0 amide bonds. The number of carbonyl (C=O) groups excluding carboxylic acids is 2. The maximum atomic E-state index is 10.7. The Labute approximate surface area is 104 Å². The first kappa shape index (κ1) is 11.9. The monoisotopic (exact) mass is 238 g/mol. The standard InChI is InChI=1S/C14H10N2O2/c17-9-11-6-12(10-18)8-14(7-11)16-15-13-4-2-1-3-5-13/h1-10H. The van der Waals surface area contributed by atoms with E-state index in [1.807, 2.05) is 30.3 Å². The van der Waals surface area contributed by atoms with Crippen LogP contribution in [0.3, 0.4) is 0 Å². The van der Waals surface area contributed by atoms with Crippen LogP contribution in [0.15, 0.2) is 58.8 Å². The number of rotatable bonds is 4. The molecular weight excluding hydrogens is 228 g/mol. The number of hydrogen-bond donors (Lipinski definition) is 0. The Morgan fingerprint density at radius 2 is 1.28 bits per heavy atom. The first-order valence-electron chi connectivity index (χ1n) is 5.34. The second-order valence-electron chi connectivity index (χ2n) is 3.63. The summed E-state index contributed by atoms with van der Waals surface area (Å²) in [6.45, 7) is 0. The van der Waals surface area contributed by atoms with Crippen molar-refractivity contribution in [1.29, 1.82) is 0 Å². The molecule has 0 heterocycles. The summed E-state index contributed by atoms with van der Waals surface area (Å²) in [6.07, 6.45) is 1.35. The second-order valence-corrected chi connectivity index (χ2v) is 3.63. The number of benzene rings is 2. The second kappa shape index (κ2) is 5.63. The van der Waals surface area contributed by atoms with Gasteiger partial charge < -0.3 is 0 Å². The first-order valence-corrected chi connectivity index (χ1v) is 5.34. The maximum Gasteiger partial charge on any atom is 0.150 e. The Morgan fingerprint density at radius 3 is 1.83 bits per heavy atom. The summed E-state index contributed by atoms with van der Waals surface area (Å²) in [5, 5.41) is 8.02. The van der Waals surface area contributed by atoms with Crippen LogP contribution in [0.5, 0.6) is 0 Å². The highest BCUT2D eigenvalue weighted by molar-refractivity contribution is 5.84. The molecule has 0 unspecified atom stereocenters. The molecule has 4 heteroatoms. The number of aldehydes is 2. The van der Waals surface area contributed by atoms with Crippen molar-refractivity contribution >= 4 is 23.9 Å². The fourth-order valence-electron chi connectivity index (χ4n) is 1.46. The summed E-state index contributed by atoms with van der Waals surface area (Å²) < 4.78 is 0. The van der Waals surface area contributed by atoms with Crippen LogP contribution in [0.4, 0.5) is 11.4 Å². The quantitative estimate of drug-likeness (QED) is 0.602. The van der Waals surface area contributed by atoms with E-state index in [0.717, 1.165) is 0 Å². The molecule has 0 saturated carbocycles. The van der Waals surface area contributed by atoms with Gasteiger partial charge in [-0.1, -0.05) is 18.2 Å². The Kier molecular flexibility index (Phi) is 3.71. The number of azo groups is 1. The molecule has 2 aromatic rings. The minimum Gasteiger partial charge on any atom is -0.298 e. The summed E-state index contributed by atoms with van der Waals surface area (Å²) in [7, 11) is 0. The van der Waals surface area contributed by atoms with E-state index in [9.17, 15) is 9.59 Å². The maximum absolute atomic E-state index is 10.7. The summed E-state index contributed by atoms with van der Waals surface area (Å²) in [5.74, 6) is 0. The predicted octanol–water partition coefficient (Wildman–Crippen LogP) is 3.73. The van der Waals surface area contributed by atoms with Crippen LogP contribution in [0.1, 0.15) is 20.7 Å². The molecule has 0 aromatic heterocycles. The number of carbonyl (C=O) groups is 2. The Hall–Kier alpha value is -2.62. The van der Waals surface area contributed by atoms with E-state index in [0.29, 0.717) is 35.1 Å². The van der Waals surface area contributed by atoms with Gasteiger partial charge in [-0.15, -0.1) is 0 Å². The fraction of sp³-hybridized carbons (Fsp3) is 0. The van der Waals surface area contributed by atoms with Crippen LogP contribution >= 0.6 is 0 Å². The van der Waals surface area contributed by atoms with Gasteiger partial charge in [0.25, 0.3) is 0 Å². The molecule has 0 saturated heterocycles. The van der Waals surface area contributed by atoms with Gasteiger partial charge in [-0.25, -0.2) is 0 Å². The van der Waals surface area contributed by atoms with Gasteiger partial charge >= 0.3 is 0 Å². The lowest BCUT2D eigenvalue weighted by molar-refractivity contribution is 0.112. The largest absolute Gasteiger partial charge is 0.298 e. The van der Waals surface area contributed by atoms with Crippen LogP contribution in [-0.4, -0.2) is 12.6 Å². The molecule has 0 aliphatic rings. The lowest BCUT2D eigenvalue weighted by atomic mass is 10.1. The van der Waals surface area contributed by atoms with Gasteiger partial charge in [0.05, 0.1) is 11.4 Å². The molecule has 18 heavy (non-hydrogen) atoms. The molecule has 0 aliphatic carbocycles. The van der Waals surface area contributed by atoms with Gasteiger partial charge in [0.15, 0.2) is 0 Å². The van der Waals surface area contributed by atoms with Crippen molar-refractivity contribution in [2.24, 2.45) is 10.2 Å². The van der Waals surface area contributed by atoms with Crippen molar-refractivity contribution in [3.05, 3.63) is 59.7 Å². The van der Waals surface area contributed by atoms with E-state index < -0.39 is 0 Å². The Morgan fingerprint density at radius 1 is 0.722 bits per heavy atom. The summed E-state index contributed by atoms with van der Waals surface area (Å²) in [4.78, 5) is 21.4. The van der Waals surface area contributed by atoms with Crippen molar-refractivity contribution < 1.29 is 9.59 Å². The average molecular weight is 238 g/mol. The van der Waals surface area contributed by atoms with Crippen LogP contribution < -0.4 is 0 Å². The van der Waals surface area contributed by atoms with Crippen molar-refractivity contribution in [2.75, 3.05) is 0 Å². The average Bonchev–Trinajstić information content (AvgIpc) is 2.45. The third-order valence-electron chi connectivity index (χ3n) is 2.27. The lowest BCUT2D eigenvalue weighted by Gasteiger charge is -1.97. The molecule has 0 N–H and O–H groups in total. The van der Waals surface area contributed by atoms with Gasteiger partial charge in [0.2, 0.25) is 0 Å². The zero-order chi connectivity index (χ0) is 12.8. The van der Waals surface area contributed by atoms with Crippen molar-refractivity contribution in [2.45, 2.75) is 0 Å². The van der Waals surface area contributed by atoms with E-state index in [-0.39, 0.29) is 0 Å². The van der Waals surface area contributed by atoms with Gasteiger partial charge in [-0.3, -0.25) is 9.59 Å². The first-order chi connectivity index (χ1) is 8.81. The topological polar surface area (TPSA) is 58.9 Å². The van der Waals surface area contributed by atoms with Crippen LogP contribution in [0, 0.1) is 0 Å². The SMILES string of the molecule is O=Cc1cc(C=O)cc(N=Nc2ccccc2)c1. The third-order valence-corrected chi connectivity index (χ3v) is 2.27. The van der Waals surface area contributed by atoms with Crippen molar-refractivity contribution in [3.8, 4) is 0 Å². The molecule has 0 aliphatic heterocycles. The summed E-state index contributed by atoms with van der Waals surface area (Å²) >= 11 is 0. The lowest BCUT2D eigenvalue weighted by Crippen LogP contribution is -1.84. The smallest absolute Gasteiger partial charge is 0.150 e. The van der Waals surface area contributed by atoms with E-state index in [1.54, 1.807) is 12.1 Å². The van der Waals surface area contributed by atoms with E-state index >= 15 is 0 Å². The van der Waals surface area contributed by atoms with Crippen LogP contribution in [0.25, 0.3) is 0 Å². The normalized spacial score (nSPS) is 10.4. The van der Waals surface area contributed by atoms with Crippen LogP contribution in [0.2, 0.25) is 0 Å². The molecule has 4 nitrogen and oxygen atoms in total. The predicted molar refractivity (Wildman–Crippen MR) is 67.8 cm³/mol. The Bertz CT molecular complexity index is 566. The molecule has 0 bridgehead atoms. The minimum atomic E-state index is 0.404. The van der Waals surface area contributed by atoms with Gasteiger partial charge in [0.1, 0.15) is 12.6 Å². The van der Waals surface area contributed by atoms with Crippen molar-refractivity contribution in [3.63, 3.8) is 0 Å². The molecule has 0 radical (unpaired) electrons. The molecule has 2 aromatic carbocycles. The highest BCUT2D eigenvalue weighted by atomic mass is 16.1. The van der Waals surface area contributed by atoms with E-state index in [1.165, 1.54) is 6.07 Å². The highest BCUT2D eigenvalue weighted by Gasteiger charge is 1.99. The molecule has 88 valence electrons. The number of nitrogens with zero attached hydrogens (tertiary/aromatic N) is 2. The summed E-state index contributed by atoms with van der Waals surface area (Å²) in [5.41, 5.74) is 2.00. The Balaban J connectivity index is 2.31. The van der Waals surface area contributed by atoms with Gasteiger partial charge in [0, 0.05) is 11.1 Å². The van der Waals surface area contributed by atoms with Gasteiger partial charge in [-0.05, 0) is 30.3 Å². The molecule has 0 atom stereocenters. The molecular formula is C14H10N2O2. The molecule has 0 fully saturated rings. The zero-order valence-corrected chi connectivity index (χ0v) is 9.48. The minimum absolute atomic E-state index is 0.404. The fourth-order valence-corrected chi connectivity index (χ4v) is 1.46. The van der Waals surface area contributed by atoms with Crippen molar-refractivity contribution in [1.82, 2.24) is 0 Å². The molecule has 2 rings (SSSR count). The highest BCUT2D eigenvalue weighted by Crippen LogP contribution is 2.20. The summed E-state index contributed by atoms with van der Waals surface area (Å²) in [6, 6.07) is 13.9. The van der Waals surface area contributed by atoms with E-state index in [2.05, 4.69) is 10.2 Å². The van der Waals surface area contributed by atoms with Crippen LogP contribution in [-0.2, 0) is 0 Å². The number of hydrogen-bond acceptors (Lipinski definition) is 4. The zero-order valence-electron chi connectivity index (χ0n) is 9.48. The third kappa shape index (κ3) is 2.95. The molecule has 0 spiro atoms.